The van der Waals surface area contributed by atoms with Crippen molar-refractivity contribution in [2.75, 3.05) is 23.3 Å². The van der Waals surface area contributed by atoms with E-state index in [1.807, 2.05) is 42.5 Å². The fourth-order valence-corrected chi connectivity index (χ4v) is 2.64. The van der Waals surface area contributed by atoms with Crippen molar-refractivity contribution in [2.45, 2.75) is 13.8 Å². The van der Waals surface area contributed by atoms with Crippen LogP contribution in [0.2, 0.25) is 0 Å². The molecule has 25 heavy (non-hydrogen) atoms. The molecule has 3 aromatic rings. The third-order valence-electron chi connectivity index (χ3n) is 3.93. The minimum Gasteiger partial charge on any atom is -0.357 e. The van der Waals surface area contributed by atoms with Gasteiger partial charge in [-0.25, -0.2) is 14.4 Å². The van der Waals surface area contributed by atoms with E-state index in [9.17, 15) is 4.39 Å². The summed E-state index contributed by atoms with van der Waals surface area (Å²) in [5.41, 5.74) is 1.60. The number of anilines is 3. The Kier molecular flexibility index (Phi) is 5.23. The van der Waals surface area contributed by atoms with E-state index in [1.54, 1.807) is 6.07 Å². The second-order valence-electron chi connectivity index (χ2n) is 5.61. The SMILES string of the molecule is CCN(CC)c1cc(Nc2cccc(F)c2)nc(-c2ccccc2)n1. The molecule has 128 valence electrons. The summed E-state index contributed by atoms with van der Waals surface area (Å²) in [7, 11) is 0. The van der Waals surface area contributed by atoms with E-state index in [-0.39, 0.29) is 5.82 Å². The Labute approximate surface area is 147 Å². The van der Waals surface area contributed by atoms with Crippen molar-refractivity contribution < 1.29 is 4.39 Å². The second-order valence-corrected chi connectivity index (χ2v) is 5.61. The molecule has 0 aliphatic rings. The third-order valence-corrected chi connectivity index (χ3v) is 3.93. The molecule has 1 N–H and O–H groups in total. The number of aromatic nitrogens is 2. The second kappa shape index (κ2) is 7.75. The molecule has 0 saturated heterocycles. The van der Waals surface area contributed by atoms with Crippen molar-refractivity contribution in [3.63, 3.8) is 0 Å². The first kappa shape index (κ1) is 16.9. The van der Waals surface area contributed by atoms with E-state index in [2.05, 4.69) is 29.0 Å². The van der Waals surface area contributed by atoms with Crippen molar-refractivity contribution in [1.29, 1.82) is 0 Å². The zero-order valence-corrected chi connectivity index (χ0v) is 14.4. The zero-order valence-electron chi connectivity index (χ0n) is 14.4. The highest BCUT2D eigenvalue weighted by Gasteiger charge is 2.11. The molecule has 0 atom stereocenters. The number of halogens is 1. The molecule has 4 nitrogen and oxygen atoms in total. The van der Waals surface area contributed by atoms with E-state index >= 15 is 0 Å². The van der Waals surface area contributed by atoms with Crippen molar-refractivity contribution in [1.82, 2.24) is 9.97 Å². The summed E-state index contributed by atoms with van der Waals surface area (Å²) in [6.45, 7) is 5.88. The predicted molar refractivity (Wildman–Crippen MR) is 101 cm³/mol. The molecule has 0 amide bonds. The summed E-state index contributed by atoms with van der Waals surface area (Å²) in [6, 6.07) is 18.1. The largest absolute Gasteiger partial charge is 0.357 e. The lowest BCUT2D eigenvalue weighted by Crippen LogP contribution is -2.23. The van der Waals surface area contributed by atoms with Gasteiger partial charge in [-0.3, -0.25) is 0 Å². The van der Waals surface area contributed by atoms with Gasteiger partial charge in [0.25, 0.3) is 0 Å². The first-order chi connectivity index (χ1) is 12.2. The Morgan fingerprint density at radius 3 is 2.36 bits per heavy atom. The van der Waals surface area contributed by atoms with Gasteiger partial charge in [-0.15, -0.1) is 0 Å². The normalized spacial score (nSPS) is 10.5. The maximum Gasteiger partial charge on any atom is 0.163 e. The molecule has 0 bridgehead atoms. The summed E-state index contributed by atoms with van der Waals surface area (Å²) in [5, 5.41) is 3.18. The number of hydrogen-bond acceptors (Lipinski definition) is 4. The highest BCUT2D eigenvalue weighted by molar-refractivity contribution is 5.65. The standard InChI is InChI=1S/C20H21FN4/c1-3-25(4-2)19-14-18(22-17-12-8-11-16(21)13-17)23-20(24-19)15-9-6-5-7-10-15/h5-14H,3-4H2,1-2H3,(H,22,23,24). The molecule has 0 saturated carbocycles. The molecule has 2 aromatic carbocycles. The third kappa shape index (κ3) is 4.12. The van der Waals surface area contributed by atoms with E-state index in [1.165, 1.54) is 12.1 Å². The molecule has 0 radical (unpaired) electrons. The maximum atomic E-state index is 13.4. The summed E-state index contributed by atoms with van der Waals surface area (Å²) >= 11 is 0. The Morgan fingerprint density at radius 1 is 0.920 bits per heavy atom. The van der Waals surface area contributed by atoms with Crippen LogP contribution in [0.4, 0.5) is 21.7 Å². The molecule has 0 fully saturated rings. The maximum absolute atomic E-state index is 13.4. The molecule has 0 unspecified atom stereocenters. The molecule has 5 heteroatoms. The summed E-state index contributed by atoms with van der Waals surface area (Å²) in [4.78, 5) is 11.5. The van der Waals surface area contributed by atoms with Crippen LogP contribution in [0.3, 0.4) is 0 Å². The lowest BCUT2D eigenvalue weighted by molar-refractivity contribution is 0.628. The van der Waals surface area contributed by atoms with Crippen molar-refractivity contribution >= 4 is 17.3 Å². The lowest BCUT2D eigenvalue weighted by Gasteiger charge is -2.21. The average Bonchev–Trinajstić information content (AvgIpc) is 2.63. The van der Waals surface area contributed by atoms with Crippen LogP contribution in [0.5, 0.6) is 0 Å². The highest BCUT2D eigenvalue weighted by atomic mass is 19.1. The highest BCUT2D eigenvalue weighted by Crippen LogP contribution is 2.24. The fraction of sp³-hybridized carbons (Fsp3) is 0.200. The van der Waals surface area contributed by atoms with Crippen LogP contribution in [-0.2, 0) is 0 Å². The molecule has 0 spiro atoms. The average molecular weight is 336 g/mol. The molecular formula is C20H21FN4. The summed E-state index contributed by atoms with van der Waals surface area (Å²) in [6.07, 6.45) is 0. The Hall–Kier alpha value is -2.95. The van der Waals surface area contributed by atoms with Gasteiger partial charge >= 0.3 is 0 Å². The van der Waals surface area contributed by atoms with Crippen LogP contribution in [0.25, 0.3) is 11.4 Å². The fourth-order valence-electron chi connectivity index (χ4n) is 2.64. The summed E-state index contributed by atoms with van der Waals surface area (Å²) < 4.78 is 13.4. The Bertz CT molecular complexity index is 832. The van der Waals surface area contributed by atoms with Crippen molar-refractivity contribution in [3.8, 4) is 11.4 Å². The molecule has 3 rings (SSSR count). The minimum absolute atomic E-state index is 0.286. The van der Waals surface area contributed by atoms with Crippen LogP contribution in [0.15, 0.2) is 60.7 Å². The number of nitrogens with zero attached hydrogens (tertiary/aromatic N) is 3. The van der Waals surface area contributed by atoms with E-state index in [0.717, 1.165) is 24.5 Å². The van der Waals surface area contributed by atoms with Gasteiger partial charge in [0.05, 0.1) is 0 Å². The number of benzene rings is 2. The van der Waals surface area contributed by atoms with E-state index < -0.39 is 0 Å². The van der Waals surface area contributed by atoms with Crippen LogP contribution in [0, 0.1) is 5.82 Å². The first-order valence-corrected chi connectivity index (χ1v) is 8.41. The van der Waals surface area contributed by atoms with Gasteiger partial charge in [-0.05, 0) is 32.0 Å². The topological polar surface area (TPSA) is 41.0 Å². The number of hydrogen-bond donors (Lipinski definition) is 1. The minimum atomic E-state index is -0.286. The van der Waals surface area contributed by atoms with Gasteiger partial charge in [-0.1, -0.05) is 36.4 Å². The summed E-state index contributed by atoms with van der Waals surface area (Å²) in [5.74, 6) is 1.84. The van der Waals surface area contributed by atoms with Crippen LogP contribution in [0.1, 0.15) is 13.8 Å². The molecule has 1 heterocycles. The number of nitrogens with one attached hydrogen (secondary N) is 1. The lowest BCUT2D eigenvalue weighted by atomic mass is 10.2. The van der Waals surface area contributed by atoms with Gasteiger partial charge < -0.3 is 10.2 Å². The van der Waals surface area contributed by atoms with Gasteiger partial charge in [0.1, 0.15) is 17.5 Å². The van der Waals surface area contributed by atoms with Crippen molar-refractivity contribution in [2.24, 2.45) is 0 Å². The zero-order chi connectivity index (χ0) is 17.6. The molecule has 0 aliphatic heterocycles. The van der Waals surface area contributed by atoms with Crippen molar-refractivity contribution in [3.05, 3.63) is 66.5 Å². The van der Waals surface area contributed by atoms with Gasteiger partial charge in [0.15, 0.2) is 5.82 Å². The van der Waals surface area contributed by atoms with Crippen LogP contribution >= 0.6 is 0 Å². The van der Waals surface area contributed by atoms with Gasteiger partial charge in [0.2, 0.25) is 0 Å². The molecular weight excluding hydrogens is 315 g/mol. The smallest absolute Gasteiger partial charge is 0.163 e. The molecule has 1 aromatic heterocycles. The van der Waals surface area contributed by atoms with Gasteiger partial charge in [0, 0.05) is 30.4 Å². The van der Waals surface area contributed by atoms with E-state index in [4.69, 9.17) is 4.98 Å². The van der Waals surface area contributed by atoms with Crippen LogP contribution in [-0.4, -0.2) is 23.1 Å². The van der Waals surface area contributed by atoms with Crippen LogP contribution < -0.4 is 10.2 Å². The Morgan fingerprint density at radius 2 is 1.68 bits per heavy atom. The van der Waals surface area contributed by atoms with E-state index in [0.29, 0.717) is 17.3 Å². The number of rotatable bonds is 6. The quantitative estimate of drug-likeness (QED) is 0.697. The van der Waals surface area contributed by atoms with Gasteiger partial charge in [-0.2, -0.15) is 0 Å². The Balaban J connectivity index is 2.03. The predicted octanol–water partition coefficient (Wildman–Crippen LogP) is 4.87. The molecule has 0 aliphatic carbocycles. The first-order valence-electron chi connectivity index (χ1n) is 8.41. The monoisotopic (exact) mass is 336 g/mol.